The first-order valence-corrected chi connectivity index (χ1v) is 7.81. The van der Waals surface area contributed by atoms with Crippen molar-refractivity contribution in [3.63, 3.8) is 0 Å². The minimum absolute atomic E-state index is 0.393. The van der Waals surface area contributed by atoms with Gasteiger partial charge in [-0.2, -0.15) is 0 Å². The maximum absolute atomic E-state index is 12.0. The number of carbonyl (C=O) groups excluding carboxylic acids is 2. The van der Waals surface area contributed by atoms with Gasteiger partial charge in [0.2, 0.25) is 0 Å². The average Bonchev–Trinajstić information content (AvgIpc) is 2.65. The maximum atomic E-state index is 12.0. The van der Waals surface area contributed by atoms with Gasteiger partial charge >= 0.3 is 0 Å². The van der Waals surface area contributed by atoms with Gasteiger partial charge in [0.1, 0.15) is 18.1 Å². The lowest BCUT2D eigenvalue weighted by Gasteiger charge is -2.09. The molecule has 2 N–H and O–H groups in total. The SMILES string of the molecule is C=CCOc1ccc(C(=O)NNC(=O)c2ccc(OCC)cc2)cc1. The highest BCUT2D eigenvalue weighted by Gasteiger charge is 2.09. The van der Waals surface area contributed by atoms with E-state index in [1.807, 2.05) is 6.92 Å². The molecule has 0 unspecified atom stereocenters. The molecule has 0 atom stereocenters. The van der Waals surface area contributed by atoms with Crippen molar-refractivity contribution in [3.05, 3.63) is 72.3 Å². The van der Waals surface area contributed by atoms with Crippen molar-refractivity contribution in [2.24, 2.45) is 0 Å². The van der Waals surface area contributed by atoms with Gasteiger partial charge in [-0.05, 0) is 55.5 Å². The molecule has 0 radical (unpaired) electrons. The molecule has 0 aliphatic rings. The van der Waals surface area contributed by atoms with Crippen LogP contribution in [-0.2, 0) is 0 Å². The lowest BCUT2D eigenvalue weighted by Crippen LogP contribution is -2.41. The zero-order valence-corrected chi connectivity index (χ0v) is 14.0. The van der Waals surface area contributed by atoms with Gasteiger partial charge in [-0.3, -0.25) is 20.4 Å². The summed E-state index contributed by atoms with van der Waals surface area (Å²) in [6, 6.07) is 13.2. The van der Waals surface area contributed by atoms with E-state index in [0.717, 1.165) is 0 Å². The smallest absolute Gasteiger partial charge is 0.269 e. The molecule has 0 heterocycles. The van der Waals surface area contributed by atoms with Crippen LogP contribution in [0.15, 0.2) is 61.2 Å². The summed E-state index contributed by atoms with van der Waals surface area (Å²) in [5.41, 5.74) is 5.56. The number of hydrazine groups is 1. The van der Waals surface area contributed by atoms with Gasteiger partial charge in [-0.15, -0.1) is 0 Å². The number of carbonyl (C=O) groups is 2. The standard InChI is InChI=1S/C19H20N2O4/c1-3-13-25-17-11-7-15(8-12-17)19(23)21-20-18(22)14-5-9-16(10-6-14)24-4-2/h3,5-12H,1,4,13H2,2H3,(H,20,22)(H,21,23). The van der Waals surface area contributed by atoms with Gasteiger partial charge in [0, 0.05) is 11.1 Å². The Hall–Kier alpha value is -3.28. The van der Waals surface area contributed by atoms with E-state index in [-0.39, 0.29) is 0 Å². The summed E-state index contributed by atoms with van der Waals surface area (Å²) < 4.78 is 10.7. The van der Waals surface area contributed by atoms with Crippen molar-refractivity contribution in [1.29, 1.82) is 0 Å². The predicted molar refractivity (Wildman–Crippen MR) is 94.7 cm³/mol. The van der Waals surface area contributed by atoms with Crippen molar-refractivity contribution in [2.75, 3.05) is 13.2 Å². The van der Waals surface area contributed by atoms with Crippen molar-refractivity contribution in [3.8, 4) is 11.5 Å². The Morgan fingerprint density at radius 3 is 1.72 bits per heavy atom. The first-order chi connectivity index (χ1) is 12.1. The van der Waals surface area contributed by atoms with Crippen molar-refractivity contribution < 1.29 is 19.1 Å². The molecule has 6 heteroatoms. The molecule has 2 aromatic rings. The number of ether oxygens (including phenoxy) is 2. The van der Waals surface area contributed by atoms with Gasteiger partial charge in [0.05, 0.1) is 6.61 Å². The van der Waals surface area contributed by atoms with Gasteiger partial charge in [0.25, 0.3) is 11.8 Å². The third-order valence-corrected chi connectivity index (χ3v) is 3.20. The van der Waals surface area contributed by atoms with Crippen LogP contribution in [-0.4, -0.2) is 25.0 Å². The summed E-state index contributed by atoms with van der Waals surface area (Å²) in [6.07, 6.45) is 1.64. The van der Waals surface area contributed by atoms with Crippen LogP contribution in [0.4, 0.5) is 0 Å². The average molecular weight is 340 g/mol. The Labute approximate surface area is 146 Å². The second-order valence-electron chi connectivity index (χ2n) is 4.99. The van der Waals surface area contributed by atoms with E-state index in [0.29, 0.717) is 35.8 Å². The Morgan fingerprint density at radius 2 is 1.32 bits per heavy atom. The van der Waals surface area contributed by atoms with E-state index in [1.165, 1.54) is 0 Å². The van der Waals surface area contributed by atoms with Crippen LogP contribution in [0.25, 0.3) is 0 Å². The predicted octanol–water partition coefficient (Wildman–Crippen LogP) is 2.72. The summed E-state index contributed by atoms with van der Waals surface area (Å²) in [6.45, 7) is 6.40. The number of hydrogen-bond donors (Lipinski definition) is 2. The molecule has 2 rings (SSSR count). The Kier molecular flexibility index (Phi) is 6.59. The van der Waals surface area contributed by atoms with E-state index < -0.39 is 11.8 Å². The quantitative estimate of drug-likeness (QED) is 0.600. The Bertz CT molecular complexity index is 724. The van der Waals surface area contributed by atoms with E-state index in [9.17, 15) is 9.59 Å². The molecule has 2 aromatic carbocycles. The summed E-state index contributed by atoms with van der Waals surface area (Å²) >= 11 is 0. The Balaban J connectivity index is 1.88. The maximum Gasteiger partial charge on any atom is 0.269 e. The van der Waals surface area contributed by atoms with Crippen LogP contribution in [0, 0.1) is 0 Å². The van der Waals surface area contributed by atoms with Crippen LogP contribution in [0.1, 0.15) is 27.6 Å². The van der Waals surface area contributed by atoms with Gasteiger partial charge in [-0.25, -0.2) is 0 Å². The third kappa shape index (κ3) is 5.39. The first-order valence-electron chi connectivity index (χ1n) is 7.81. The third-order valence-electron chi connectivity index (χ3n) is 3.20. The minimum atomic E-state index is -0.422. The summed E-state index contributed by atoms with van der Waals surface area (Å²) in [4.78, 5) is 24.1. The molecular weight excluding hydrogens is 320 g/mol. The summed E-state index contributed by atoms with van der Waals surface area (Å²) in [5.74, 6) is 0.480. The van der Waals surface area contributed by atoms with E-state index in [2.05, 4.69) is 17.4 Å². The molecule has 0 saturated carbocycles. The van der Waals surface area contributed by atoms with E-state index in [4.69, 9.17) is 9.47 Å². The lowest BCUT2D eigenvalue weighted by atomic mass is 10.2. The molecule has 6 nitrogen and oxygen atoms in total. The lowest BCUT2D eigenvalue weighted by molar-refractivity contribution is 0.0846. The van der Waals surface area contributed by atoms with Crippen LogP contribution < -0.4 is 20.3 Å². The molecule has 2 amide bonds. The number of nitrogens with one attached hydrogen (secondary N) is 2. The number of amides is 2. The van der Waals surface area contributed by atoms with Crippen LogP contribution >= 0.6 is 0 Å². The molecular formula is C19H20N2O4. The van der Waals surface area contributed by atoms with Gasteiger partial charge in [-0.1, -0.05) is 12.7 Å². The topological polar surface area (TPSA) is 76.7 Å². The van der Waals surface area contributed by atoms with Crippen molar-refractivity contribution >= 4 is 11.8 Å². The highest BCUT2D eigenvalue weighted by molar-refractivity contribution is 5.99. The summed E-state index contributed by atoms with van der Waals surface area (Å²) in [7, 11) is 0. The molecule has 130 valence electrons. The fourth-order valence-corrected chi connectivity index (χ4v) is 1.98. The monoisotopic (exact) mass is 340 g/mol. The zero-order chi connectivity index (χ0) is 18.1. The molecule has 0 bridgehead atoms. The van der Waals surface area contributed by atoms with E-state index >= 15 is 0 Å². The van der Waals surface area contributed by atoms with Crippen molar-refractivity contribution in [2.45, 2.75) is 6.92 Å². The molecule has 0 aliphatic heterocycles. The van der Waals surface area contributed by atoms with Crippen molar-refractivity contribution in [1.82, 2.24) is 10.9 Å². The normalized spacial score (nSPS) is 9.80. The molecule has 0 spiro atoms. The molecule has 0 aromatic heterocycles. The minimum Gasteiger partial charge on any atom is -0.494 e. The van der Waals surface area contributed by atoms with E-state index in [1.54, 1.807) is 54.6 Å². The number of rotatable bonds is 7. The second kappa shape index (κ2) is 9.12. The highest BCUT2D eigenvalue weighted by atomic mass is 16.5. The molecule has 0 fully saturated rings. The Morgan fingerprint density at radius 1 is 0.880 bits per heavy atom. The molecule has 0 aliphatic carbocycles. The second-order valence-corrected chi connectivity index (χ2v) is 4.99. The number of benzene rings is 2. The van der Waals surface area contributed by atoms with Gasteiger partial charge in [0.15, 0.2) is 0 Å². The molecule has 0 saturated heterocycles. The summed E-state index contributed by atoms with van der Waals surface area (Å²) in [5, 5.41) is 0. The highest BCUT2D eigenvalue weighted by Crippen LogP contribution is 2.13. The largest absolute Gasteiger partial charge is 0.494 e. The first kappa shape index (κ1) is 18.1. The fraction of sp³-hybridized carbons (Fsp3) is 0.158. The van der Waals surface area contributed by atoms with Crippen LogP contribution in [0.2, 0.25) is 0 Å². The van der Waals surface area contributed by atoms with Crippen LogP contribution in [0.5, 0.6) is 11.5 Å². The van der Waals surface area contributed by atoms with Crippen LogP contribution in [0.3, 0.4) is 0 Å². The zero-order valence-electron chi connectivity index (χ0n) is 14.0. The van der Waals surface area contributed by atoms with Gasteiger partial charge < -0.3 is 9.47 Å². The fourth-order valence-electron chi connectivity index (χ4n) is 1.98. The number of hydrogen-bond acceptors (Lipinski definition) is 4. The molecule has 25 heavy (non-hydrogen) atoms.